The minimum atomic E-state index is -1.32. The number of hydrogen-bond acceptors (Lipinski definition) is 1. The highest BCUT2D eigenvalue weighted by Crippen LogP contribution is 2.47. The quantitative estimate of drug-likeness (QED) is 0.458. The van der Waals surface area contributed by atoms with Crippen molar-refractivity contribution in [1.82, 2.24) is 0 Å². The average Bonchev–Trinajstić information content (AvgIpc) is 1.93. The fourth-order valence-corrected chi connectivity index (χ4v) is 1.32. The minimum absolute atomic E-state index is 0.556. The van der Waals surface area contributed by atoms with Crippen molar-refractivity contribution in [3.05, 3.63) is 24.3 Å². The molecule has 4 heteroatoms. The van der Waals surface area contributed by atoms with Crippen molar-refractivity contribution in [3.8, 4) is 0 Å². The van der Waals surface area contributed by atoms with Gasteiger partial charge in [0.15, 0.2) is 0 Å². The van der Waals surface area contributed by atoms with Gasteiger partial charge in [0.1, 0.15) is 0 Å². The van der Waals surface area contributed by atoms with E-state index in [0.717, 1.165) is 4.86 Å². The largest absolute Gasteiger partial charge is 0.202 e. The Kier molecular flexibility index (Phi) is 2.89. The van der Waals surface area contributed by atoms with Gasteiger partial charge in [-0.25, -0.2) is 0 Å². The Morgan fingerprint density at radius 3 is 2.00 bits per heavy atom. The van der Waals surface area contributed by atoms with Gasteiger partial charge in [0.05, 0.1) is 5.41 Å². The van der Waals surface area contributed by atoms with Gasteiger partial charge in [-0.2, -0.15) is 0 Å². The third-order valence-corrected chi connectivity index (χ3v) is 3.29. The zero-order valence-corrected chi connectivity index (χ0v) is 9.44. The van der Waals surface area contributed by atoms with Crippen molar-refractivity contribution in [2.75, 3.05) is 0 Å². The van der Waals surface area contributed by atoms with E-state index < -0.39 is 9.21 Å². The van der Waals surface area contributed by atoms with E-state index in [1.54, 1.807) is 12.2 Å². The summed E-state index contributed by atoms with van der Waals surface area (Å²) in [6.45, 7) is 1.84. The molecule has 0 amide bonds. The van der Waals surface area contributed by atoms with E-state index in [2.05, 4.69) is 0 Å². The monoisotopic (exact) mass is 240 g/mol. The van der Waals surface area contributed by atoms with E-state index in [0.29, 0.717) is 0 Å². The van der Waals surface area contributed by atoms with Gasteiger partial charge < -0.3 is 0 Å². The first-order valence-electron chi connectivity index (χ1n) is 3.34. The van der Waals surface area contributed by atoms with E-state index in [1.807, 2.05) is 19.1 Å². The van der Waals surface area contributed by atoms with Crippen LogP contribution in [0.4, 0.5) is 0 Å². The SMILES string of the molecule is CC1(C(Cl)(Cl)Cl)C=CC(=S)C=C1. The Labute approximate surface area is 92.2 Å². The van der Waals surface area contributed by atoms with Gasteiger partial charge in [0.2, 0.25) is 3.79 Å². The molecule has 0 nitrogen and oxygen atoms in total. The fraction of sp³-hybridized carbons (Fsp3) is 0.375. The molecule has 1 aliphatic rings. The number of halogens is 3. The Morgan fingerprint density at radius 2 is 1.67 bits per heavy atom. The predicted octanol–water partition coefficient (Wildman–Crippen LogP) is 3.86. The first kappa shape index (κ1) is 10.5. The molecule has 12 heavy (non-hydrogen) atoms. The average molecular weight is 242 g/mol. The van der Waals surface area contributed by atoms with E-state index in [1.165, 1.54) is 0 Å². The highest BCUT2D eigenvalue weighted by Gasteiger charge is 2.41. The summed E-state index contributed by atoms with van der Waals surface area (Å²) in [5, 5.41) is 0. The van der Waals surface area contributed by atoms with Crippen LogP contribution in [0.3, 0.4) is 0 Å². The molecular weight excluding hydrogens is 235 g/mol. The molecule has 0 aliphatic heterocycles. The molecule has 0 saturated carbocycles. The van der Waals surface area contributed by atoms with E-state index in [9.17, 15) is 0 Å². The van der Waals surface area contributed by atoms with Crippen LogP contribution in [0.5, 0.6) is 0 Å². The highest BCUT2D eigenvalue weighted by molar-refractivity contribution is 7.81. The molecule has 0 heterocycles. The van der Waals surface area contributed by atoms with Gasteiger partial charge in [-0.15, -0.1) is 0 Å². The Balaban J connectivity index is 2.97. The number of thiocarbonyl (C=S) groups is 1. The van der Waals surface area contributed by atoms with Crippen LogP contribution in [0.15, 0.2) is 24.3 Å². The van der Waals surface area contributed by atoms with Crippen LogP contribution >= 0.6 is 47.0 Å². The highest BCUT2D eigenvalue weighted by atomic mass is 35.6. The summed E-state index contributed by atoms with van der Waals surface area (Å²) in [4.78, 5) is 0.752. The number of alkyl halides is 3. The van der Waals surface area contributed by atoms with Crippen LogP contribution < -0.4 is 0 Å². The van der Waals surface area contributed by atoms with Crippen molar-refractivity contribution in [2.24, 2.45) is 5.41 Å². The number of rotatable bonds is 0. The third-order valence-electron chi connectivity index (χ3n) is 1.80. The summed E-state index contributed by atoms with van der Waals surface area (Å²) in [5.74, 6) is 0. The zero-order valence-electron chi connectivity index (χ0n) is 6.35. The molecule has 0 aromatic heterocycles. The zero-order chi connectivity index (χ0) is 9.41. The van der Waals surface area contributed by atoms with Crippen LogP contribution in [0, 0.1) is 5.41 Å². The Bertz CT molecular complexity index is 244. The molecule has 0 saturated heterocycles. The van der Waals surface area contributed by atoms with Crippen molar-refractivity contribution < 1.29 is 0 Å². The van der Waals surface area contributed by atoms with Crippen LogP contribution in [0.2, 0.25) is 0 Å². The summed E-state index contributed by atoms with van der Waals surface area (Å²) in [6, 6.07) is 0. The number of hydrogen-bond donors (Lipinski definition) is 0. The van der Waals surface area contributed by atoms with Gasteiger partial charge in [-0.1, -0.05) is 59.2 Å². The first-order chi connectivity index (χ1) is 5.35. The summed E-state index contributed by atoms with van der Waals surface area (Å²) in [6.07, 6.45) is 7.17. The first-order valence-corrected chi connectivity index (χ1v) is 4.88. The number of allylic oxidation sites excluding steroid dienone is 4. The molecule has 0 unspecified atom stereocenters. The lowest BCUT2D eigenvalue weighted by molar-refractivity contribution is 0.565. The lowest BCUT2D eigenvalue weighted by Crippen LogP contribution is -2.29. The maximum atomic E-state index is 5.79. The maximum absolute atomic E-state index is 5.79. The Hall–Kier alpha value is 0.440. The normalized spacial score (nSPS) is 21.5. The maximum Gasteiger partial charge on any atom is 0.202 e. The van der Waals surface area contributed by atoms with Crippen molar-refractivity contribution in [1.29, 1.82) is 0 Å². The second kappa shape index (κ2) is 3.30. The van der Waals surface area contributed by atoms with Gasteiger partial charge in [-0.3, -0.25) is 0 Å². The molecule has 0 atom stereocenters. The molecule has 1 aliphatic carbocycles. The third kappa shape index (κ3) is 2.02. The molecule has 66 valence electrons. The second-order valence-electron chi connectivity index (χ2n) is 2.85. The Morgan fingerprint density at radius 1 is 1.25 bits per heavy atom. The second-order valence-corrected chi connectivity index (χ2v) is 5.60. The van der Waals surface area contributed by atoms with E-state index in [4.69, 9.17) is 47.0 Å². The summed E-state index contributed by atoms with van der Waals surface area (Å²) >= 11 is 22.3. The van der Waals surface area contributed by atoms with Crippen LogP contribution in [0.1, 0.15) is 6.92 Å². The molecule has 0 aromatic carbocycles. The summed E-state index contributed by atoms with van der Waals surface area (Å²) < 4.78 is -1.32. The van der Waals surface area contributed by atoms with Crippen LogP contribution in [0.25, 0.3) is 0 Å². The van der Waals surface area contributed by atoms with Gasteiger partial charge in [-0.05, 0) is 19.1 Å². The molecule has 0 bridgehead atoms. The smallest absolute Gasteiger partial charge is 0.0823 e. The summed E-state index contributed by atoms with van der Waals surface area (Å²) in [7, 11) is 0. The van der Waals surface area contributed by atoms with Crippen molar-refractivity contribution in [2.45, 2.75) is 10.7 Å². The van der Waals surface area contributed by atoms with E-state index in [-0.39, 0.29) is 0 Å². The van der Waals surface area contributed by atoms with Crippen molar-refractivity contribution in [3.63, 3.8) is 0 Å². The minimum Gasteiger partial charge on any atom is -0.0823 e. The van der Waals surface area contributed by atoms with Gasteiger partial charge in [0.25, 0.3) is 0 Å². The predicted molar refractivity (Wildman–Crippen MR) is 59.3 cm³/mol. The molecule has 1 rings (SSSR count). The molecule has 0 fully saturated rings. The lowest BCUT2D eigenvalue weighted by Gasteiger charge is -2.31. The molecule has 0 N–H and O–H groups in total. The summed E-state index contributed by atoms with van der Waals surface area (Å²) in [5.41, 5.74) is -0.556. The van der Waals surface area contributed by atoms with E-state index >= 15 is 0 Å². The molecule has 0 radical (unpaired) electrons. The standard InChI is InChI=1S/C8H7Cl3S/c1-7(8(9,10)11)4-2-6(12)3-5-7/h2-5H,1H3. The lowest BCUT2D eigenvalue weighted by atomic mass is 9.88. The fourth-order valence-electron chi connectivity index (χ4n) is 0.811. The van der Waals surface area contributed by atoms with Crippen molar-refractivity contribution >= 4 is 51.9 Å². The van der Waals surface area contributed by atoms with Crippen LogP contribution in [-0.4, -0.2) is 8.66 Å². The topological polar surface area (TPSA) is 0 Å². The van der Waals surface area contributed by atoms with Crippen LogP contribution in [-0.2, 0) is 0 Å². The van der Waals surface area contributed by atoms with Gasteiger partial charge >= 0.3 is 0 Å². The molecular formula is C8H7Cl3S. The molecule has 0 aromatic rings. The van der Waals surface area contributed by atoms with Gasteiger partial charge in [0, 0.05) is 4.86 Å². The molecule has 0 spiro atoms.